The number of nitrogens with two attached hydrogens (primary N) is 1. The number of rotatable bonds is 4. The Balaban J connectivity index is 2.15. The molecule has 0 saturated heterocycles. The van der Waals surface area contributed by atoms with Crippen molar-refractivity contribution >= 4 is 5.91 Å². The molecule has 0 heterocycles. The smallest absolute Gasteiger partial charge is 0.239 e. The normalized spacial score (nSPS) is 18.5. The van der Waals surface area contributed by atoms with Crippen LogP contribution < -0.4 is 11.1 Å². The topological polar surface area (TPSA) is 55.1 Å². The molecule has 1 saturated carbocycles. The summed E-state index contributed by atoms with van der Waals surface area (Å²) in [5, 5.41) is 3.50. The zero-order valence-corrected chi connectivity index (χ0v) is 12.6. The van der Waals surface area contributed by atoms with Crippen molar-refractivity contribution < 1.29 is 4.79 Å². The molecule has 3 nitrogen and oxygen atoms in total. The second-order valence-corrected chi connectivity index (χ2v) is 6.05. The van der Waals surface area contributed by atoms with Crippen LogP contribution in [0.2, 0.25) is 0 Å². The van der Waals surface area contributed by atoms with Gasteiger partial charge in [-0.3, -0.25) is 10.1 Å². The second-order valence-electron chi connectivity index (χ2n) is 6.05. The molecule has 3 N–H and O–H groups in total. The largest absolute Gasteiger partial charge is 0.368 e. The maximum absolute atomic E-state index is 11.9. The molecule has 0 spiro atoms. The van der Waals surface area contributed by atoms with Crippen LogP contribution in [0.25, 0.3) is 0 Å². The van der Waals surface area contributed by atoms with Crippen LogP contribution in [0.3, 0.4) is 0 Å². The van der Waals surface area contributed by atoms with E-state index in [9.17, 15) is 4.79 Å². The third kappa shape index (κ3) is 3.83. The third-order valence-electron chi connectivity index (χ3n) is 4.28. The number of hydrogen-bond donors (Lipinski definition) is 2. The van der Waals surface area contributed by atoms with Gasteiger partial charge < -0.3 is 5.73 Å². The summed E-state index contributed by atoms with van der Waals surface area (Å²) in [7, 11) is 0. The predicted molar refractivity (Wildman–Crippen MR) is 82.5 cm³/mol. The van der Waals surface area contributed by atoms with Gasteiger partial charge in [0, 0.05) is 6.04 Å². The van der Waals surface area contributed by atoms with Crippen LogP contribution in [0.4, 0.5) is 0 Å². The molecule has 20 heavy (non-hydrogen) atoms. The summed E-state index contributed by atoms with van der Waals surface area (Å²) in [6.07, 6.45) is 7.40. The van der Waals surface area contributed by atoms with Gasteiger partial charge in [-0.25, -0.2) is 0 Å². The van der Waals surface area contributed by atoms with Gasteiger partial charge in [0.1, 0.15) is 6.04 Å². The minimum Gasteiger partial charge on any atom is -0.368 e. The Morgan fingerprint density at radius 3 is 2.40 bits per heavy atom. The zero-order valence-electron chi connectivity index (χ0n) is 12.6. The number of hydrogen-bond acceptors (Lipinski definition) is 2. The first-order valence-corrected chi connectivity index (χ1v) is 7.70. The molecule has 0 bridgehead atoms. The number of amides is 1. The van der Waals surface area contributed by atoms with E-state index in [1.54, 1.807) is 0 Å². The van der Waals surface area contributed by atoms with Crippen LogP contribution in [0, 0.1) is 13.8 Å². The summed E-state index contributed by atoms with van der Waals surface area (Å²) in [5.41, 5.74) is 9.00. The Morgan fingerprint density at radius 2 is 1.85 bits per heavy atom. The van der Waals surface area contributed by atoms with Crippen LogP contribution in [0.5, 0.6) is 0 Å². The summed E-state index contributed by atoms with van der Waals surface area (Å²) in [5.74, 6) is -0.277. The molecule has 1 unspecified atom stereocenters. The van der Waals surface area contributed by atoms with Gasteiger partial charge >= 0.3 is 0 Å². The molecule has 2 rings (SSSR count). The van der Waals surface area contributed by atoms with Gasteiger partial charge in [0.15, 0.2) is 0 Å². The third-order valence-corrected chi connectivity index (χ3v) is 4.28. The molecule has 0 aromatic heterocycles. The average Bonchev–Trinajstić information content (AvgIpc) is 2.65. The van der Waals surface area contributed by atoms with Gasteiger partial charge in [0.05, 0.1) is 0 Å². The molecule has 1 aliphatic rings. The highest BCUT2D eigenvalue weighted by molar-refractivity contribution is 5.82. The Morgan fingerprint density at radius 1 is 1.20 bits per heavy atom. The summed E-state index contributed by atoms with van der Waals surface area (Å²) < 4.78 is 0. The molecule has 0 aliphatic heterocycles. The van der Waals surface area contributed by atoms with Crippen molar-refractivity contribution in [2.75, 3.05) is 0 Å². The lowest BCUT2D eigenvalue weighted by Gasteiger charge is -2.24. The van der Waals surface area contributed by atoms with Gasteiger partial charge in [-0.1, -0.05) is 49.4 Å². The van der Waals surface area contributed by atoms with E-state index in [1.807, 2.05) is 19.1 Å². The number of carbonyl (C=O) groups is 1. The number of aryl methyl sites for hydroxylation is 2. The van der Waals surface area contributed by atoms with Crippen molar-refractivity contribution in [3.63, 3.8) is 0 Å². The predicted octanol–water partition coefficient (Wildman–Crippen LogP) is 3.14. The molecule has 1 amide bonds. The molecule has 1 fully saturated rings. The van der Waals surface area contributed by atoms with Crippen LogP contribution in [0.1, 0.15) is 61.3 Å². The molecule has 0 radical (unpaired) electrons. The van der Waals surface area contributed by atoms with Crippen molar-refractivity contribution in [3.05, 3.63) is 34.9 Å². The lowest BCUT2D eigenvalue weighted by Crippen LogP contribution is -2.40. The highest BCUT2D eigenvalue weighted by Crippen LogP contribution is 2.23. The lowest BCUT2D eigenvalue weighted by molar-refractivity contribution is -0.120. The Labute approximate surface area is 121 Å². The minimum absolute atomic E-state index is 0.277. The summed E-state index contributed by atoms with van der Waals surface area (Å²) in [6, 6.07) is 6.24. The van der Waals surface area contributed by atoms with E-state index in [0.29, 0.717) is 6.04 Å². The molecular formula is C17H26N2O. The fourth-order valence-corrected chi connectivity index (χ4v) is 3.16. The molecule has 1 atom stereocenters. The summed E-state index contributed by atoms with van der Waals surface area (Å²) in [4.78, 5) is 11.9. The van der Waals surface area contributed by atoms with Crippen LogP contribution >= 0.6 is 0 Å². The quantitative estimate of drug-likeness (QED) is 0.829. The monoisotopic (exact) mass is 274 g/mol. The Hall–Kier alpha value is -1.35. The van der Waals surface area contributed by atoms with Crippen molar-refractivity contribution in [3.8, 4) is 0 Å². The number of nitrogens with one attached hydrogen (secondary N) is 1. The SMILES string of the molecule is Cc1ccc(C(NC2CCCCCC2)C(N)=O)c(C)c1. The van der Waals surface area contributed by atoms with Gasteiger partial charge in [0.2, 0.25) is 5.91 Å². The van der Waals surface area contributed by atoms with E-state index >= 15 is 0 Å². The first kappa shape index (κ1) is 15.0. The van der Waals surface area contributed by atoms with Crippen molar-refractivity contribution in [1.29, 1.82) is 0 Å². The maximum Gasteiger partial charge on any atom is 0.239 e. The Kier molecular flexibility index (Phi) is 5.18. The van der Waals surface area contributed by atoms with E-state index in [2.05, 4.69) is 18.3 Å². The highest BCUT2D eigenvalue weighted by Gasteiger charge is 2.23. The van der Waals surface area contributed by atoms with Gasteiger partial charge in [-0.15, -0.1) is 0 Å². The van der Waals surface area contributed by atoms with Crippen LogP contribution in [0.15, 0.2) is 18.2 Å². The molecular weight excluding hydrogens is 248 g/mol. The average molecular weight is 274 g/mol. The summed E-state index contributed by atoms with van der Waals surface area (Å²) >= 11 is 0. The van der Waals surface area contributed by atoms with E-state index < -0.39 is 0 Å². The molecule has 1 aromatic rings. The summed E-state index contributed by atoms with van der Waals surface area (Å²) in [6.45, 7) is 4.11. The standard InChI is InChI=1S/C17H26N2O/c1-12-9-10-15(13(2)11-12)16(17(18)20)19-14-7-5-3-4-6-8-14/h9-11,14,16,19H,3-8H2,1-2H3,(H2,18,20). The first-order valence-electron chi connectivity index (χ1n) is 7.70. The fourth-order valence-electron chi connectivity index (χ4n) is 3.16. The van der Waals surface area contributed by atoms with Crippen molar-refractivity contribution in [1.82, 2.24) is 5.32 Å². The van der Waals surface area contributed by atoms with E-state index in [-0.39, 0.29) is 11.9 Å². The highest BCUT2D eigenvalue weighted by atomic mass is 16.1. The zero-order chi connectivity index (χ0) is 14.5. The number of primary amides is 1. The van der Waals surface area contributed by atoms with E-state index in [4.69, 9.17) is 5.73 Å². The van der Waals surface area contributed by atoms with Crippen LogP contribution in [-0.4, -0.2) is 11.9 Å². The Bertz CT molecular complexity index is 462. The van der Waals surface area contributed by atoms with Crippen molar-refractivity contribution in [2.45, 2.75) is 64.5 Å². The molecule has 3 heteroatoms. The molecule has 110 valence electrons. The van der Waals surface area contributed by atoms with Gasteiger partial charge in [-0.2, -0.15) is 0 Å². The van der Waals surface area contributed by atoms with Gasteiger partial charge in [-0.05, 0) is 37.8 Å². The van der Waals surface area contributed by atoms with E-state index in [1.165, 1.54) is 31.2 Å². The number of benzene rings is 1. The second kappa shape index (κ2) is 6.89. The molecule has 1 aliphatic carbocycles. The minimum atomic E-state index is -0.362. The lowest BCUT2D eigenvalue weighted by atomic mass is 9.97. The first-order chi connectivity index (χ1) is 9.58. The van der Waals surface area contributed by atoms with E-state index in [0.717, 1.165) is 24.0 Å². The van der Waals surface area contributed by atoms with Crippen molar-refractivity contribution in [2.24, 2.45) is 5.73 Å². The number of carbonyl (C=O) groups excluding carboxylic acids is 1. The molecule has 1 aromatic carbocycles. The van der Waals surface area contributed by atoms with Crippen LogP contribution in [-0.2, 0) is 4.79 Å². The maximum atomic E-state index is 11.9. The fraction of sp³-hybridized carbons (Fsp3) is 0.588. The van der Waals surface area contributed by atoms with Gasteiger partial charge in [0.25, 0.3) is 0 Å².